The molecular formula is C44H42NP2+. The van der Waals surface area contributed by atoms with E-state index in [2.05, 4.69) is 182 Å². The summed E-state index contributed by atoms with van der Waals surface area (Å²) in [5.41, 5.74) is 5.67. The van der Waals surface area contributed by atoms with Crippen LogP contribution in [0.2, 0.25) is 0 Å². The molecule has 0 radical (unpaired) electrons. The lowest BCUT2D eigenvalue weighted by Gasteiger charge is -2.37. The summed E-state index contributed by atoms with van der Waals surface area (Å²) in [5, 5.41) is 2.48. The van der Waals surface area contributed by atoms with E-state index in [1.54, 1.807) is 0 Å². The second kappa shape index (κ2) is 12.5. The lowest BCUT2D eigenvalue weighted by atomic mass is 9.87. The molecule has 0 bridgehead atoms. The first kappa shape index (κ1) is 30.2. The van der Waals surface area contributed by atoms with E-state index in [0.717, 1.165) is 38.0 Å². The van der Waals surface area contributed by atoms with Crippen molar-refractivity contribution in [3.05, 3.63) is 204 Å². The molecule has 2 unspecified atom stereocenters. The highest BCUT2D eigenvalue weighted by Gasteiger charge is 2.65. The minimum Gasteiger partial charge on any atom is -0.164 e. The van der Waals surface area contributed by atoms with E-state index in [0.29, 0.717) is 0 Å². The van der Waals surface area contributed by atoms with Crippen molar-refractivity contribution in [3.8, 4) is 0 Å². The Bertz CT molecular complexity index is 1840. The van der Waals surface area contributed by atoms with Gasteiger partial charge in [-0.05, 0) is 72.2 Å². The number of rotatable bonds is 6. The maximum atomic E-state index is 6.91. The van der Waals surface area contributed by atoms with Crippen molar-refractivity contribution < 1.29 is 0 Å². The van der Waals surface area contributed by atoms with Crippen molar-refractivity contribution in [1.29, 1.82) is 0 Å². The van der Waals surface area contributed by atoms with E-state index < -0.39 is 14.1 Å². The van der Waals surface area contributed by atoms with Gasteiger partial charge in [0.1, 0.15) is 10.3 Å². The van der Waals surface area contributed by atoms with Gasteiger partial charge < -0.3 is 0 Å². The van der Waals surface area contributed by atoms with E-state index in [1.807, 2.05) is 0 Å². The van der Waals surface area contributed by atoms with Gasteiger partial charge in [0.25, 0.3) is 14.1 Å². The summed E-state index contributed by atoms with van der Waals surface area (Å²) >= 11 is 0. The highest BCUT2D eigenvalue weighted by molar-refractivity contribution is 7.82. The molecule has 0 amide bonds. The quantitative estimate of drug-likeness (QED) is 0.126. The Balaban J connectivity index is 1.68. The first-order valence-electron chi connectivity index (χ1n) is 17.1. The molecule has 0 aliphatic carbocycles. The van der Waals surface area contributed by atoms with Crippen LogP contribution in [-0.2, 0) is 10.3 Å². The normalized spacial score (nSPS) is 22.8. The molecule has 0 saturated carbocycles. The molecule has 0 spiro atoms. The Labute approximate surface area is 280 Å². The third-order valence-corrected chi connectivity index (χ3v) is 21.7. The molecule has 2 fully saturated rings. The van der Waals surface area contributed by atoms with Crippen molar-refractivity contribution >= 4 is 24.7 Å². The van der Waals surface area contributed by atoms with E-state index in [1.165, 1.54) is 32.9 Å². The van der Waals surface area contributed by atoms with Crippen LogP contribution in [0.25, 0.3) is 0 Å². The molecular weight excluding hydrogens is 604 g/mol. The number of hydrogen-bond donors (Lipinski definition) is 0. The molecule has 0 N–H and O–H groups in total. The van der Waals surface area contributed by atoms with Crippen LogP contribution < -0.4 is 14.8 Å². The minimum atomic E-state index is -2.31. The van der Waals surface area contributed by atoms with Crippen LogP contribution in [0.1, 0.15) is 47.9 Å². The van der Waals surface area contributed by atoms with Gasteiger partial charge in [0, 0.05) is 22.9 Å². The smallest absolute Gasteiger partial charge is 0.164 e. The van der Waals surface area contributed by atoms with Gasteiger partial charge in [-0.3, -0.25) is 0 Å². The van der Waals surface area contributed by atoms with Gasteiger partial charge in [-0.15, -0.1) is 0 Å². The molecule has 6 aromatic rings. The zero-order chi connectivity index (χ0) is 31.6. The van der Waals surface area contributed by atoms with Gasteiger partial charge >= 0.3 is 0 Å². The van der Waals surface area contributed by atoms with Crippen LogP contribution in [0.3, 0.4) is 0 Å². The van der Waals surface area contributed by atoms with Gasteiger partial charge in [0.2, 0.25) is 0 Å². The molecule has 2 atom stereocenters. The van der Waals surface area contributed by atoms with Crippen molar-refractivity contribution in [2.24, 2.45) is 0 Å². The van der Waals surface area contributed by atoms with E-state index in [4.69, 9.17) is 4.17 Å². The van der Waals surface area contributed by atoms with Gasteiger partial charge in [-0.2, -0.15) is 4.17 Å². The van der Waals surface area contributed by atoms with Gasteiger partial charge in [-0.1, -0.05) is 158 Å². The van der Waals surface area contributed by atoms with Gasteiger partial charge in [-0.25, -0.2) is 0 Å². The second-order valence-electron chi connectivity index (χ2n) is 13.1. The maximum absolute atomic E-state index is 6.91. The summed E-state index contributed by atoms with van der Waals surface area (Å²) in [7, 11) is -4.62. The Hall–Kier alpha value is -4.11. The van der Waals surface area contributed by atoms with Crippen molar-refractivity contribution in [2.75, 3.05) is 12.3 Å². The molecule has 2 saturated heterocycles. The first-order chi connectivity index (χ1) is 23.3. The Morgan fingerprint density at radius 1 is 0.340 bits per heavy atom. The number of hydrogen-bond acceptors (Lipinski definition) is 0. The third kappa shape index (κ3) is 4.64. The maximum Gasteiger partial charge on any atom is 0.258 e. The Kier molecular flexibility index (Phi) is 8.03. The lowest BCUT2D eigenvalue weighted by Crippen LogP contribution is -2.33. The Morgan fingerprint density at radius 2 is 0.596 bits per heavy atom. The van der Waals surface area contributed by atoms with E-state index >= 15 is 0 Å². The fourth-order valence-corrected chi connectivity index (χ4v) is 22.1. The monoisotopic (exact) mass is 646 g/mol. The third-order valence-electron chi connectivity index (χ3n) is 11.0. The highest BCUT2D eigenvalue weighted by atomic mass is 31.2. The molecule has 8 rings (SSSR count). The first-order valence-corrected chi connectivity index (χ1v) is 21.0. The molecule has 1 nitrogen and oxygen atoms in total. The molecule has 47 heavy (non-hydrogen) atoms. The van der Waals surface area contributed by atoms with Crippen LogP contribution >= 0.6 is 14.1 Å². The predicted molar refractivity (Wildman–Crippen MR) is 204 cm³/mol. The SMILES string of the molecule is c1ccc(C2(c3ccccc3)CCCP2(=[N+]=P2(c3ccccc3)CCCC2(c2ccccc2)c2ccccc2)c2ccccc2)cc1. The predicted octanol–water partition coefficient (Wildman–Crippen LogP) is 10.6. The zero-order valence-corrected chi connectivity index (χ0v) is 28.7. The summed E-state index contributed by atoms with van der Waals surface area (Å²) in [6, 6.07) is 68.9. The molecule has 0 aromatic heterocycles. The largest absolute Gasteiger partial charge is 0.258 e. The molecule has 2 heterocycles. The van der Waals surface area contributed by atoms with Crippen LogP contribution in [0.5, 0.6) is 0 Å². The molecule has 2 aliphatic heterocycles. The topological polar surface area (TPSA) is 14.1 Å². The molecule has 3 heteroatoms. The zero-order valence-electron chi connectivity index (χ0n) is 26.9. The molecule has 2 aliphatic rings. The van der Waals surface area contributed by atoms with Crippen LogP contribution in [0.15, 0.2) is 182 Å². The van der Waals surface area contributed by atoms with Crippen LogP contribution in [0.4, 0.5) is 0 Å². The Morgan fingerprint density at radius 3 is 0.872 bits per heavy atom. The summed E-state index contributed by atoms with van der Waals surface area (Å²) in [5.74, 6) is 0. The van der Waals surface area contributed by atoms with Crippen molar-refractivity contribution in [1.82, 2.24) is 4.17 Å². The van der Waals surface area contributed by atoms with E-state index in [-0.39, 0.29) is 10.3 Å². The molecule has 232 valence electrons. The van der Waals surface area contributed by atoms with Crippen molar-refractivity contribution in [2.45, 2.75) is 36.0 Å². The fraction of sp³-hybridized carbons (Fsp3) is 0.182. The van der Waals surface area contributed by atoms with Crippen molar-refractivity contribution in [3.63, 3.8) is 0 Å². The van der Waals surface area contributed by atoms with Crippen LogP contribution in [-0.4, -0.2) is 12.3 Å². The number of nitrogens with zero attached hydrogens (tertiary/aromatic N) is 1. The molecule has 6 aromatic carbocycles. The average molecular weight is 647 g/mol. The highest BCUT2D eigenvalue weighted by Crippen LogP contribution is 2.77. The minimum absolute atomic E-state index is 0.208. The summed E-state index contributed by atoms with van der Waals surface area (Å²) in [6.45, 7) is 0. The summed E-state index contributed by atoms with van der Waals surface area (Å²) in [4.78, 5) is 0. The van der Waals surface area contributed by atoms with E-state index in [9.17, 15) is 0 Å². The average Bonchev–Trinajstić information content (AvgIpc) is 3.75. The number of benzene rings is 6. The standard InChI is InChI=1S/C44H42NP2/c1-7-21-37(22-8-1)43(38-23-9-2-10-24-38)33-19-35-46(43,41-29-15-5-16-30-41)45-47(42-31-17-6-18-32-42)36-20-34-44(47,39-25-11-3-12-26-39)40-27-13-4-14-28-40/h1-18,21-32H,19-20,33-36H2/q+1. The van der Waals surface area contributed by atoms with Gasteiger partial charge in [0.05, 0.1) is 0 Å². The second-order valence-corrected chi connectivity index (χ2v) is 20.4. The van der Waals surface area contributed by atoms with Gasteiger partial charge in [0.15, 0.2) is 0 Å². The summed E-state index contributed by atoms with van der Waals surface area (Å²) in [6.07, 6.45) is 6.77. The summed E-state index contributed by atoms with van der Waals surface area (Å²) < 4.78 is 6.91. The fourth-order valence-electron chi connectivity index (χ4n) is 9.15. The van der Waals surface area contributed by atoms with Crippen LogP contribution in [0, 0.1) is 0 Å². The lowest BCUT2D eigenvalue weighted by molar-refractivity contribution is 0.675.